The van der Waals surface area contributed by atoms with Crippen LogP contribution in [-0.2, 0) is 5.33 Å². The van der Waals surface area contributed by atoms with Crippen molar-refractivity contribution in [2.45, 2.75) is 11.8 Å². The number of hydrogen-bond donors (Lipinski definition) is 1. The third kappa shape index (κ3) is 1.89. The van der Waals surface area contributed by atoms with E-state index in [9.17, 15) is 18.4 Å². The average Bonchev–Trinajstić information content (AvgIpc) is 2.16. The first-order valence-electron chi connectivity index (χ1n) is 3.65. The van der Waals surface area contributed by atoms with Crippen molar-refractivity contribution in [1.82, 2.24) is 4.98 Å². The molecule has 1 heterocycles. The molecule has 14 heavy (non-hydrogen) atoms. The maximum Gasteiger partial charge on any atom is 0.269 e. The number of carbonyl (C=O) groups is 1. The van der Waals surface area contributed by atoms with Crippen molar-refractivity contribution in [1.29, 1.82) is 0 Å². The van der Waals surface area contributed by atoms with E-state index in [1.165, 1.54) is 6.20 Å². The van der Waals surface area contributed by atoms with Gasteiger partial charge in [-0.15, -0.1) is 0 Å². The molecule has 0 aromatic carbocycles. The molecular weight excluding hydrogens is 260 g/mol. The zero-order valence-electron chi connectivity index (χ0n) is 6.89. The standard InChI is InChI=1S/C8H6BrF2NO2/c9-1-4-2-12-8(14)6(7(10)11)5(4)3-13/h2-3,7H,1H2,(H,12,14). The second-order valence-corrected chi connectivity index (χ2v) is 3.08. The number of halogens is 3. The van der Waals surface area contributed by atoms with E-state index in [4.69, 9.17) is 0 Å². The van der Waals surface area contributed by atoms with Crippen LogP contribution in [0.3, 0.4) is 0 Å². The second-order valence-electron chi connectivity index (χ2n) is 2.52. The van der Waals surface area contributed by atoms with E-state index in [-0.39, 0.29) is 17.2 Å². The van der Waals surface area contributed by atoms with Gasteiger partial charge in [0.05, 0.1) is 5.56 Å². The van der Waals surface area contributed by atoms with Gasteiger partial charge >= 0.3 is 0 Å². The van der Waals surface area contributed by atoms with Crippen LogP contribution >= 0.6 is 15.9 Å². The number of alkyl halides is 3. The monoisotopic (exact) mass is 265 g/mol. The van der Waals surface area contributed by atoms with Gasteiger partial charge in [0.25, 0.3) is 12.0 Å². The van der Waals surface area contributed by atoms with Crippen molar-refractivity contribution in [3.63, 3.8) is 0 Å². The van der Waals surface area contributed by atoms with E-state index in [1.807, 2.05) is 0 Å². The lowest BCUT2D eigenvalue weighted by Crippen LogP contribution is -2.17. The summed E-state index contributed by atoms with van der Waals surface area (Å²) in [5.74, 6) is 0. The Hall–Kier alpha value is -1.04. The molecule has 0 aliphatic carbocycles. The molecule has 1 aromatic heterocycles. The Balaban J connectivity index is 3.51. The first kappa shape index (κ1) is 11.0. The molecule has 1 rings (SSSR count). The van der Waals surface area contributed by atoms with Crippen LogP contribution < -0.4 is 5.56 Å². The van der Waals surface area contributed by atoms with Gasteiger partial charge in [0.2, 0.25) is 0 Å². The van der Waals surface area contributed by atoms with Gasteiger partial charge in [-0.1, -0.05) is 15.9 Å². The lowest BCUT2D eigenvalue weighted by Gasteiger charge is -2.05. The Morgan fingerprint density at radius 1 is 1.57 bits per heavy atom. The SMILES string of the molecule is O=Cc1c(CBr)c[nH]c(=O)c1C(F)F. The first-order chi connectivity index (χ1) is 6.61. The summed E-state index contributed by atoms with van der Waals surface area (Å²) in [6.45, 7) is 0. The van der Waals surface area contributed by atoms with Gasteiger partial charge in [0.1, 0.15) is 0 Å². The van der Waals surface area contributed by atoms with Gasteiger partial charge in [-0.2, -0.15) is 0 Å². The number of pyridine rings is 1. The van der Waals surface area contributed by atoms with Gasteiger partial charge < -0.3 is 4.98 Å². The van der Waals surface area contributed by atoms with Gasteiger partial charge in [0.15, 0.2) is 6.29 Å². The molecule has 6 heteroatoms. The Labute approximate surface area is 86.3 Å². The summed E-state index contributed by atoms with van der Waals surface area (Å²) in [7, 11) is 0. The molecule has 0 saturated heterocycles. The third-order valence-corrected chi connectivity index (χ3v) is 2.34. The molecule has 0 saturated carbocycles. The zero-order valence-corrected chi connectivity index (χ0v) is 8.48. The number of rotatable bonds is 3. The predicted octanol–water partition coefficient (Wildman–Crippen LogP) is 2.02. The Kier molecular flexibility index (Phi) is 3.51. The van der Waals surface area contributed by atoms with E-state index in [2.05, 4.69) is 20.9 Å². The minimum absolute atomic E-state index is 0.234. The van der Waals surface area contributed by atoms with Crippen LogP contribution in [0.5, 0.6) is 0 Å². The second kappa shape index (κ2) is 4.45. The minimum Gasteiger partial charge on any atom is -0.328 e. The number of carbonyl (C=O) groups excluding carboxylic acids is 1. The van der Waals surface area contributed by atoms with Gasteiger partial charge in [-0.3, -0.25) is 9.59 Å². The van der Waals surface area contributed by atoms with E-state index in [0.717, 1.165) is 0 Å². The van der Waals surface area contributed by atoms with Crippen LogP contribution in [0.2, 0.25) is 0 Å². The smallest absolute Gasteiger partial charge is 0.269 e. The average molecular weight is 266 g/mol. The maximum atomic E-state index is 12.4. The van der Waals surface area contributed by atoms with E-state index >= 15 is 0 Å². The largest absolute Gasteiger partial charge is 0.328 e. The number of aldehydes is 1. The molecule has 0 bridgehead atoms. The summed E-state index contributed by atoms with van der Waals surface area (Å²) < 4.78 is 24.8. The van der Waals surface area contributed by atoms with Crippen LogP contribution in [0, 0.1) is 0 Å². The van der Waals surface area contributed by atoms with Crippen molar-refractivity contribution in [2.24, 2.45) is 0 Å². The zero-order chi connectivity index (χ0) is 10.7. The molecule has 0 aliphatic rings. The summed E-state index contributed by atoms with van der Waals surface area (Å²) >= 11 is 3.03. The molecule has 0 amide bonds. The maximum absolute atomic E-state index is 12.4. The van der Waals surface area contributed by atoms with Crippen molar-refractivity contribution >= 4 is 22.2 Å². The van der Waals surface area contributed by atoms with Crippen LogP contribution in [-0.4, -0.2) is 11.3 Å². The van der Waals surface area contributed by atoms with E-state index in [1.54, 1.807) is 0 Å². The molecule has 76 valence electrons. The molecule has 3 nitrogen and oxygen atoms in total. The molecule has 0 spiro atoms. The fourth-order valence-electron chi connectivity index (χ4n) is 1.07. The summed E-state index contributed by atoms with van der Waals surface area (Å²) in [6.07, 6.45) is -1.43. The van der Waals surface area contributed by atoms with Crippen molar-refractivity contribution in [2.75, 3.05) is 0 Å². The van der Waals surface area contributed by atoms with Crippen LogP contribution in [0.4, 0.5) is 8.78 Å². The number of nitrogens with one attached hydrogen (secondary N) is 1. The number of H-pyrrole nitrogens is 1. The summed E-state index contributed by atoms with van der Waals surface area (Å²) in [5.41, 5.74) is -1.58. The highest BCUT2D eigenvalue weighted by Crippen LogP contribution is 2.21. The Bertz CT molecular complexity index is 403. The van der Waals surface area contributed by atoms with Gasteiger partial charge in [-0.25, -0.2) is 8.78 Å². The number of aromatic amines is 1. The molecular formula is C8H6BrF2NO2. The molecule has 0 unspecified atom stereocenters. The van der Waals surface area contributed by atoms with Crippen LogP contribution in [0.25, 0.3) is 0 Å². The predicted molar refractivity (Wildman–Crippen MR) is 50.0 cm³/mol. The third-order valence-electron chi connectivity index (χ3n) is 1.74. The van der Waals surface area contributed by atoms with Gasteiger partial charge in [0, 0.05) is 17.1 Å². The van der Waals surface area contributed by atoms with E-state index in [0.29, 0.717) is 5.56 Å². The van der Waals surface area contributed by atoms with E-state index < -0.39 is 17.5 Å². The summed E-state index contributed by atoms with van der Waals surface area (Å²) in [5, 5.41) is 0.234. The summed E-state index contributed by atoms with van der Waals surface area (Å²) in [6, 6.07) is 0. The quantitative estimate of drug-likeness (QED) is 0.672. The van der Waals surface area contributed by atoms with Crippen molar-refractivity contribution < 1.29 is 13.6 Å². The van der Waals surface area contributed by atoms with Crippen molar-refractivity contribution in [3.8, 4) is 0 Å². The molecule has 0 atom stereocenters. The highest BCUT2D eigenvalue weighted by atomic mass is 79.9. The highest BCUT2D eigenvalue weighted by Gasteiger charge is 2.19. The molecule has 0 aliphatic heterocycles. The minimum atomic E-state index is -2.95. The Morgan fingerprint density at radius 2 is 2.21 bits per heavy atom. The fourth-order valence-corrected chi connectivity index (χ4v) is 1.53. The first-order valence-corrected chi connectivity index (χ1v) is 4.77. The topological polar surface area (TPSA) is 49.9 Å². The normalized spacial score (nSPS) is 10.6. The molecule has 1 N–H and O–H groups in total. The van der Waals surface area contributed by atoms with Crippen molar-refractivity contribution in [3.05, 3.63) is 33.2 Å². The fraction of sp³-hybridized carbons (Fsp3) is 0.250. The van der Waals surface area contributed by atoms with Crippen LogP contribution in [0.15, 0.2) is 11.0 Å². The lowest BCUT2D eigenvalue weighted by atomic mass is 10.1. The summed E-state index contributed by atoms with van der Waals surface area (Å²) in [4.78, 5) is 23.7. The number of hydrogen-bond acceptors (Lipinski definition) is 2. The molecule has 1 aromatic rings. The van der Waals surface area contributed by atoms with Crippen LogP contribution in [0.1, 0.15) is 27.9 Å². The lowest BCUT2D eigenvalue weighted by molar-refractivity contribution is 0.110. The highest BCUT2D eigenvalue weighted by molar-refractivity contribution is 9.08. The molecule has 0 radical (unpaired) electrons. The van der Waals surface area contributed by atoms with Gasteiger partial charge in [-0.05, 0) is 5.56 Å². The molecule has 0 fully saturated rings. The Morgan fingerprint density at radius 3 is 2.64 bits per heavy atom. The number of aromatic nitrogens is 1.